The maximum atomic E-state index is 10.9. The predicted octanol–water partition coefficient (Wildman–Crippen LogP) is 6.04. The van der Waals surface area contributed by atoms with Gasteiger partial charge in [0, 0.05) is 0 Å². The fraction of sp³-hybridized carbons (Fsp3) is 0.944. The van der Waals surface area contributed by atoms with Gasteiger partial charge in [-0.3, -0.25) is 4.79 Å². The highest BCUT2D eigenvalue weighted by atomic mass is 16.4. The first-order valence-electron chi connectivity index (χ1n) is 8.80. The molecular formula is C18H36O2. The summed E-state index contributed by atoms with van der Waals surface area (Å²) in [5.74, 6) is 0.123. The van der Waals surface area contributed by atoms with E-state index < -0.39 is 5.97 Å². The molecule has 0 bridgehead atoms. The third-order valence-corrected chi connectivity index (χ3v) is 4.18. The summed E-state index contributed by atoms with van der Waals surface area (Å²) >= 11 is 0. The molecule has 0 heterocycles. The average Bonchev–Trinajstić information content (AvgIpc) is 2.39. The van der Waals surface area contributed by atoms with Crippen molar-refractivity contribution >= 4 is 5.97 Å². The van der Waals surface area contributed by atoms with Gasteiger partial charge in [0.1, 0.15) is 0 Å². The lowest BCUT2D eigenvalue weighted by atomic mass is 9.98. The zero-order chi connectivity index (χ0) is 15.2. The molecule has 2 nitrogen and oxygen atoms in total. The van der Waals surface area contributed by atoms with E-state index in [1.54, 1.807) is 0 Å². The number of hydrogen-bond acceptors (Lipinski definition) is 1. The highest BCUT2D eigenvalue weighted by Gasteiger charge is 2.13. The molecule has 1 unspecified atom stereocenters. The normalized spacial score (nSPS) is 12.8. The maximum absolute atomic E-state index is 10.9. The van der Waals surface area contributed by atoms with E-state index in [1.807, 2.05) is 6.92 Å². The van der Waals surface area contributed by atoms with Gasteiger partial charge >= 0.3 is 5.97 Å². The van der Waals surface area contributed by atoms with Crippen LogP contribution in [0.3, 0.4) is 0 Å². The minimum Gasteiger partial charge on any atom is -0.481 e. The molecule has 0 rings (SSSR count). The topological polar surface area (TPSA) is 37.3 Å². The van der Waals surface area contributed by atoms with Crippen molar-refractivity contribution in [2.45, 2.75) is 97.8 Å². The average molecular weight is 284 g/mol. The Morgan fingerprint density at radius 3 is 1.55 bits per heavy atom. The predicted molar refractivity (Wildman–Crippen MR) is 87.0 cm³/mol. The van der Waals surface area contributed by atoms with Crippen molar-refractivity contribution in [3.05, 3.63) is 0 Å². The van der Waals surface area contributed by atoms with Gasteiger partial charge in [-0.15, -0.1) is 0 Å². The van der Waals surface area contributed by atoms with Crippen LogP contribution < -0.4 is 0 Å². The smallest absolute Gasteiger partial charge is 0.306 e. The van der Waals surface area contributed by atoms with Crippen molar-refractivity contribution in [1.29, 1.82) is 0 Å². The fourth-order valence-corrected chi connectivity index (χ4v) is 2.68. The van der Waals surface area contributed by atoms with Crippen LogP contribution >= 0.6 is 0 Å². The van der Waals surface area contributed by atoms with Crippen LogP contribution in [0.15, 0.2) is 0 Å². The van der Waals surface area contributed by atoms with Crippen LogP contribution in [0.2, 0.25) is 0 Å². The molecule has 0 aromatic carbocycles. The Balaban J connectivity index is 3.19. The lowest BCUT2D eigenvalue weighted by Crippen LogP contribution is -2.12. The van der Waals surface area contributed by atoms with Crippen LogP contribution in [0.4, 0.5) is 0 Å². The molecule has 1 N–H and O–H groups in total. The Labute approximate surface area is 126 Å². The van der Waals surface area contributed by atoms with Gasteiger partial charge in [-0.1, -0.05) is 85.0 Å². The van der Waals surface area contributed by atoms with Gasteiger partial charge < -0.3 is 5.11 Å². The van der Waals surface area contributed by atoms with Gasteiger partial charge in [0.25, 0.3) is 0 Å². The SMILES string of the molecule is CCC(CCCCCCCCCCCC(C)C)C(=O)O. The maximum Gasteiger partial charge on any atom is 0.306 e. The van der Waals surface area contributed by atoms with Crippen LogP contribution in [0.5, 0.6) is 0 Å². The molecule has 0 aliphatic rings. The summed E-state index contributed by atoms with van der Waals surface area (Å²) in [7, 11) is 0. The van der Waals surface area contributed by atoms with E-state index in [9.17, 15) is 4.79 Å². The molecule has 0 radical (unpaired) electrons. The van der Waals surface area contributed by atoms with Gasteiger partial charge in [0.15, 0.2) is 0 Å². The summed E-state index contributed by atoms with van der Waals surface area (Å²) in [6, 6.07) is 0. The van der Waals surface area contributed by atoms with Crippen LogP contribution in [0.1, 0.15) is 97.8 Å². The number of rotatable bonds is 14. The first-order chi connectivity index (χ1) is 9.57. The van der Waals surface area contributed by atoms with Gasteiger partial charge in [-0.05, 0) is 18.8 Å². The molecule has 0 aromatic heterocycles. The summed E-state index contributed by atoms with van der Waals surface area (Å²) in [5.41, 5.74) is 0. The molecule has 0 aliphatic heterocycles. The quantitative estimate of drug-likeness (QED) is 0.394. The summed E-state index contributed by atoms with van der Waals surface area (Å²) in [6.07, 6.45) is 14.8. The minimum absolute atomic E-state index is 0.115. The monoisotopic (exact) mass is 284 g/mol. The van der Waals surface area contributed by atoms with E-state index in [2.05, 4.69) is 13.8 Å². The molecule has 0 spiro atoms. The molecule has 0 saturated carbocycles. The van der Waals surface area contributed by atoms with E-state index in [-0.39, 0.29) is 5.92 Å². The minimum atomic E-state index is -0.617. The fourth-order valence-electron chi connectivity index (χ4n) is 2.68. The van der Waals surface area contributed by atoms with Crippen LogP contribution in [0.25, 0.3) is 0 Å². The van der Waals surface area contributed by atoms with Gasteiger partial charge in [-0.25, -0.2) is 0 Å². The van der Waals surface area contributed by atoms with Crippen molar-refractivity contribution in [2.75, 3.05) is 0 Å². The molecule has 2 heteroatoms. The second-order valence-electron chi connectivity index (χ2n) is 6.60. The molecular weight excluding hydrogens is 248 g/mol. The Bertz CT molecular complexity index is 223. The third kappa shape index (κ3) is 12.5. The van der Waals surface area contributed by atoms with Crippen LogP contribution in [-0.4, -0.2) is 11.1 Å². The Kier molecular flexibility index (Phi) is 13.1. The van der Waals surface area contributed by atoms with E-state index in [0.717, 1.165) is 25.2 Å². The lowest BCUT2D eigenvalue weighted by molar-refractivity contribution is -0.142. The van der Waals surface area contributed by atoms with Crippen molar-refractivity contribution in [1.82, 2.24) is 0 Å². The molecule has 0 aliphatic carbocycles. The van der Waals surface area contributed by atoms with E-state index in [1.165, 1.54) is 57.8 Å². The highest BCUT2D eigenvalue weighted by molar-refractivity contribution is 5.69. The Morgan fingerprint density at radius 2 is 1.20 bits per heavy atom. The Morgan fingerprint density at radius 1 is 0.800 bits per heavy atom. The molecule has 20 heavy (non-hydrogen) atoms. The number of unbranched alkanes of at least 4 members (excludes halogenated alkanes) is 8. The number of hydrogen-bond donors (Lipinski definition) is 1. The van der Waals surface area contributed by atoms with E-state index in [0.29, 0.717) is 0 Å². The van der Waals surface area contributed by atoms with E-state index >= 15 is 0 Å². The number of carbonyl (C=O) groups is 1. The number of aliphatic carboxylic acids is 1. The third-order valence-electron chi connectivity index (χ3n) is 4.18. The van der Waals surface area contributed by atoms with Crippen LogP contribution in [-0.2, 0) is 4.79 Å². The summed E-state index contributed by atoms with van der Waals surface area (Å²) in [5, 5.41) is 8.95. The van der Waals surface area contributed by atoms with Gasteiger partial charge in [0.2, 0.25) is 0 Å². The van der Waals surface area contributed by atoms with Gasteiger partial charge in [-0.2, -0.15) is 0 Å². The summed E-state index contributed by atoms with van der Waals surface area (Å²) < 4.78 is 0. The highest BCUT2D eigenvalue weighted by Crippen LogP contribution is 2.16. The first kappa shape index (κ1) is 19.5. The number of carboxylic acid groups (broad SMARTS) is 1. The summed E-state index contributed by atoms with van der Waals surface area (Å²) in [4.78, 5) is 10.9. The summed E-state index contributed by atoms with van der Waals surface area (Å²) in [6.45, 7) is 6.57. The molecule has 0 aromatic rings. The van der Waals surface area contributed by atoms with Crippen molar-refractivity contribution in [3.63, 3.8) is 0 Å². The van der Waals surface area contributed by atoms with Crippen molar-refractivity contribution < 1.29 is 9.90 Å². The second kappa shape index (κ2) is 13.5. The van der Waals surface area contributed by atoms with Crippen molar-refractivity contribution in [2.24, 2.45) is 11.8 Å². The molecule has 1 atom stereocenters. The second-order valence-corrected chi connectivity index (χ2v) is 6.60. The van der Waals surface area contributed by atoms with E-state index in [4.69, 9.17) is 5.11 Å². The van der Waals surface area contributed by atoms with Crippen LogP contribution in [0, 0.1) is 11.8 Å². The molecule has 0 saturated heterocycles. The molecule has 0 amide bonds. The Hall–Kier alpha value is -0.530. The van der Waals surface area contributed by atoms with Gasteiger partial charge in [0.05, 0.1) is 5.92 Å². The number of carboxylic acids is 1. The molecule has 120 valence electrons. The first-order valence-corrected chi connectivity index (χ1v) is 8.80. The lowest BCUT2D eigenvalue weighted by Gasteiger charge is -2.08. The van der Waals surface area contributed by atoms with Crippen molar-refractivity contribution in [3.8, 4) is 0 Å². The standard InChI is InChI=1S/C18H36O2/c1-4-17(18(19)20)15-13-11-9-7-5-6-8-10-12-14-16(2)3/h16-17H,4-15H2,1-3H3,(H,19,20). The zero-order valence-corrected chi connectivity index (χ0v) is 14.0. The zero-order valence-electron chi connectivity index (χ0n) is 14.0. The molecule has 0 fully saturated rings. The largest absolute Gasteiger partial charge is 0.481 e.